The molecule has 17 heavy (non-hydrogen) atoms. The summed E-state index contributed by atoms with van der Waals surface area (Å²) >= 11 is 18.0. The summed E-state index contributed by atoms with van der Waals surface area (Å²) in [7, 11) is 0. The zero-order valence-corrected chi connectivity index (χ0v) is 12.0. The average Bonchev–Trinajstić information content (AvgIpc) is 2.50. The van der Waals surface area contributed by atoms with Crippen LogP contribution in [0.15, 0.2) is 22.1 Å². The molecule has 1 heterocycles. The number of benzene rings is 1. The smallest absolute Gasteiger partial charge is 0.220 e. The summed E-state index contributed by atoms with van der Waals surface area (Å²) in [5.41, 5.74) is 4.25. The topological polar surface area (TPSA) is 24.7 Å². The predicted octanol–water partition coefficient (Wildman–Crippen LogP) is 4.25. The van der Waals surface area contributed by atoms with E-state index >= 15 is 0 Å². The lowest BCUT2D eigenvalue weighted by Crippen LogP contribution is -2.13. The standard InChI is InChI=1S/C12H11Cl3N2/c1-6-4-5-9(8(3)7(6)2)12(15)16-10(13)11(14)17-12/h4-5H,1-3H3. The van der Waals surface area contributed by atoms with Crippen LogP contribution in [0.25, 0.3) is 0 Å². The van der Waals surface area contributed by atoms with E-state index in [2.05, 4.69) is 9.98 Å². The van der Waals surface area contributed by atoms with Crippen LogP contribution >= 0.6 is 34.8 Å². The van der Waals surface area contributed by atoms with E-state index in [-0.39, 0.29) is 10.3 Å². The maximum absolute atomic E-state index is 6.37. The zero-order chi connectivity index (χ0) is 12.8. The van der Waals surface area contributed by atoms with Gasteiger partial charge in [-0.15, -0.1) is 0 Å². The van der Waals surface area contributed by atoms with Gasteiger partial charge in [-0.1, -0.05) is 46.9 Å². The quantitative estimate of drug-likeness (QED) is 0.545. The van der Waals surface area contributed by atoms with E-state index in [1.165, 1.54) is 11.1 Å². The normalized spacial score (nSPS) is 18.0. The van der Waals surface area contributed by atoms with Crippen LogP contribution in [-0.4, -0.2) is 10.3 Å². The monoisotopic (exact) mass is 288 g/mol. The van der Waals surface area contributed by atoms with Crippen molar-refractivity contribution in [2.24, 2.45) is 9.98 Å². The highest BCUT2D eigenvalue weighted by Gasteiger charge is 2.36. The third-order valence-corrected chi connectivity index (χ3v) is 4.06. The summed E-state index contributed by atoms with van der Waals surface area (Å²) in [6.07, 6.45) is 0. The molecule has 0 fully saturated rings. The molecule has 0 saturated carbocycles. The van der Waals surface area contributed by atoms with Crippen LogP contribution in [0.5, 0.6) is 0 Å². The molecule has 0 aromatic heterocycles. The number of aryl methyl sites for hydroxylation is 1. The molecule has 1 aliphatic heterocycles. The molecule has 0 bridgehead atoms. The van der Waals surface area contributed by atoms with E-state index in [9.17, 15) is 0 Å². The molecule has 2 nitrogen and oxygen atoms in total. The maximum Gasteiger partial charge on any atom is 0.255 e. The van der Waals surface area contributed by atoms with Gasteiger partial charge in [0.25, 0.3) is 5.12 Å². The lowest BCUT2D eigenvalue weighted by molar-refractivity contribution is 0.698. The van der Waals surface area contributed by atoms with Crippen molar-refractivity contribution in [3.63, 3.8) is 0 Å². The minimum absolute atomic E-state index is 0.152. The van der Waals surface area contributed by atoms with Crippen molar-refractivity contribution in [1.29, 1.82) is 0 Å². The van der Waals surface area contributed by atoms with Gasteiger partial charge < -0.3 is 0 Å². The van der Waals surface area contributed by atoms with E-state index in [1.54, 1.807) is 0 Å². The van der Waals surface area contributed by atoms with Crippen molar-refractivity contribution in [2.45, 2.75) is 25.9 Å². The summed E-state index contributed by atoms with van der Waals surface area (Å²) < 4.78 is 0. The van der Waals surface area contributed by atoms with Crippen LogP contribution in [0.1, 0.15) is 22.3 Å². The number of aliphatic imine (C=N–C) groups is 2. The summed E-state index contributed by atoms with van der Waals surface area (Å²) in [6.45, 7) is 6.08. The molecule has 0 spiro atoms. The summed E-state index contributed by atoms with van der Waals surface area (Å²) in [5, 5.41) is -0.907. The lowest BCUT2D eigenvalue weighted by atomic mass is 9.97. The molecular formula is C12H11Cl3N2. The molecule has 0 amide bonds. The Morgan fingerprint density at radius 3 is 2.00 bits per heavy atom. The number of alkyl halides is 1. The molecule has 1 aromatic carbocycles. The number of halogens is 3. The van der Waals surface area contributed by atoms with E-state index in [0.29, 0.717) is 0 Å². The average molecular weight is 290 g/mol. The molecule has 0 N–H and O–H groups in total. The Labute approximate surface area is 115 Å². The fraction of sp³-hybridized carbons (Fsp3) is 0.333. The van der Waals surface area contributed by atoms with Gasteiger partial charge in [-0.3, -0.25) is 0 Å². The summed E-state index contributed by atoms with van der Waals surface area (Å²) in [4.78, 5) is 8.23. The van der Waals surface area contributed by atoms with Gasteiger partial charge >= 0.3 is 0 Å². The van der Waals surface area contributed by atoms with Crippen molar-refractivity contribution in [2.75, 3.05) is 0 Å². The molecule has 0 radical (unpaired) electrons. The predicted molar refractivity (Wildman–Crippen MR) is 74.8 cm³/mol. The first-order chi connectivity index (χ1) is 7.85. The largest absolute Gasteiger partial charge is 0.255 e. The Kier molecular flexibility index (Phi) is 3.23. The SMILES string of the molecule is Cc1ccc(C2(Cl)N=C(Cl)C(Cl)=N2)c(C)c1C. The molecule has 1 aromatic rings. The van der Waals surface area contributed by atoms with Gasteiger partial charge in [0.1, 0.15) is 0 Å². The molecule has 2 rings (SSSR count). The first-order valence-electron chi connectivity index (χ1n) is 5.12. The molecular weight excluding hydrogens is 279 g/mol. The fourth-order valence-electron chi connectivity index (χ4n) is 1.80. The first-order valence-corrected chi connectivity index (χ1v) is 6.26. The first kappa shape index (κ1) is 12.9. The number of hydrogen-bond acceptors (Lipinski definition) is 2. The van der Waals surface area contributed by atoms with Crippen LogP contribution in [-0.2, 0) is 5.12 Å². The van der Waals surface area contributed by atoms with Crippen LogP contribution in [0, 0.1) is 20.8 Å². The minimum Gasteiger partial charge on any atom is -0.220 e. The summed E-state index contributed by atoms with van der Waals surface area (Å²) in [6, 6.07) is 3.91. The third kappa shape index (κ3) is 2.10. The second-order valence-electron chi connectivity index (χ2n) is 4.07. The van der Waals surface area contributed by atoms with Gasteiger partial charge in [0.05, 0.1) is 0 Å². The zero-order valence-electron chi connectivity index (χ0n) is 9.68. The Balaban J connectivity index is 2.61. The van der Waals surface area contributed by atoms with Crippen molar-refractivity contribution < 1.29 is 0 Å². The third-order valence-electron chi connectivity index (χ3n) is 3.06. The molecule has 5 heteroatoms. The van der Waals surface area contributed by atoms with Gasteiger partial charge in [0, 0.05) is 5.56 Å². The highest BCUT2D eigenvalue weighted by Crippen LogP contribution is 2.40. The van der Waals surface area contributed by atoms with E-state index in [1.807, 2.05) is 32.9 Å². The molecule has 90 valence electrons. The Morgan fingerprint density at radius 1 is 0.941 bits per heavy atom. The second kappa shape index (κ2) is 4.27. The van der Waals surface area contributed by atoms with Gasteiger partial charge in [-0.05, 0) is 37.5 Å². The number of hydrogen-bond donors (Lipinski definition) is 0. The van der Waals surface area contributed by atoms with Crippen LogP contribution < -0.4 is 0 Å². The van der Waals surface area contributed by atoms with E-state index in [4.69, 9.17) is 34.8 Å². The fourth-order valence-corrected chi connectivity index (χ4v) is 2.59. The van der Waals surface area contributed by atoms with Gasteiger partial charge in [-0.2, -0.15) is 0 Å². The van der Waals surface area contributed by atoms with E-state index in [0.717, 1.165) is 11.1 Å². The minimum atomic E-state index is -1.21. The van der Waals surface area contributed by atoms with Crippen LogP contribution in [0.2, 0.25) is 0 Å². The molecule has 0 atom stereocenters. The van der Waals surface area contributed by atoms with Crippen LogP contribution in [0.4, 0.5) is 0 Å². The van der Waals surface area contributed by atoms with Crippen molar-refractivity contribution in [3.8, 4) is 0 Å². The van der Waals surface area contributed by atoms with Crippen molar-refractivity contribution in [1.82, 2.24) is 0 Å². The number of rotatable bonds is 1. The molecule has 0 aliphatic carbocycles. The molecule has 0 saturated heterocycles. The maximum atomic E-state index is 6.37. The Hall–Kier alpha value is -0.570. The lowest BCUT2D eigenvalue weighted by Gasteiger charge is -2.19. The molecule has 1 aliphatic rings. The van der Waals surface area contributed by atoms with Gasteiger partial charge in [0.2, 0.25) is 0 Å². The Bertz CT molecular complexity index is 529. The second-order valence-corrected chi connectivity index (χ2v) is 5.32. The Morgan fingerprint density at radius 2 is 1.47 bits per heavy atom. The van der Waals surface area contributed by atoms with Gasteiger partial charge in [-0.25, -0.2) is 9.98 Å². The van der Waals surface area contributed by atoms with E-state index < -0.39 is 5.12 Å². The highest BCUT2D eigenvalue weighted by molar-refractivity contribution is 7.01. The van der Waals surface area contributed by atoms with Gasteiger partial charge in [0.15, 0.2) is 10.3 Å². The molecule has 0 unspecified atom stereocenters. The number of nitrogens with zero attached hydrogens (tertiary/aromatic N) is 2. The van der Waals surface area contributed by atoms with Crippen molar-refractivity contribution >= 4 is 45.1 Å². The summed E-state index contributed by atoms with van der Waals surface area (Å²) in [5.74, 6) is 0. The van der Waals surface area contributed by atoms with Crippen LogP contribution in [0.3, 0.4) is 0 Å². The van der Waals surface area contributed by atoms with Crippen molar-refractivity contribution in [3.05, 3.63) is 34.4 Å². The highest BCUT2D eigenvalue weighted by atomic mass is 35.5.